The van der Waals surface area contributed by atoms with Crippen LogP contribution < -0.4 is 49.7 Å². The fourth-order valence-corrected chi connectivity index (χ4v) is 13.4. The van der Waals surface area contributed by atoms with Crippen LogP contribution in [0.2, 0.25) is 0 Å². The number of ether oxygens (including phenoxy) is 19. The molecule has 0 aromatic heterocycles. The maximum Gasteiger partial charge on any atom is 0.411 e. The molecule has 4 aliphatic heterocycles. The summed E-state index contributed by atoms with van der Waals surface area (Å²) >= 11 is 0. The van der Waals surface area contributed by atoms with Gasteiger partial charge in [0.05, 0.1) is 114 Å². The van der Waals surface area contributed by atoms with E-state index in [-0.39, 0.29) is 112 Å². The Hall–Kier alpha value is -13.3. The molecule has 12 atom stereocenters. The molecule has 0 radical (unpaired) electrons. The molecule has 8 rings (SSSR count). The summed E-state index contributed by atoms with van der Waals surface area (Å²) in [5.41, 5.74) is 0.837. The van der Waals surface area contributed by atoms with Crippen LogP contribution in [0.5, 0.6) is 34.5 Å². The van der Waals surface area contributed by atoms with Gasteiger partial charge in [0.1, 0.15) is 24.7 Å². The van der Waals surface area contributed by atoms with E-state index in [1.54, 1.807) is 26.2 Å². The molecule has 2 fully saturated rings. The van der Waals surface area contributed by atoms with Gasteiger partial charge in [-0.3, -0.25) is 58.6 Å². The number of anilines is 2. The number of unbranched alkanes of at least 4 members (excludes halogenated alkanes) is 2. The summed E-state index contributed by atoms with van der Waals surface area (Å²) in [6.45, 7) is 7.37. The van der Waals surface area contributed by atoms with Crippen LogP contribution in [0.15, 0.2) is 84.2 Å². The number of methoxy groups -OCH3 is 5. The van der Waals surface area contributed by atoms with E-state index in [4.69, 9.17) is 96.4 Å². The number of terminal acetylenes is 1. The highest BCUT2D eigenvalue weighted by Gasteiger charge is 2.58. The number of nitrogens with one attached hydrogen (secondary N) is 4. The largest absolute Gasteiger partial charge is 0.493 e. The highest BCUT2D eigenvalue weighted by atomic mass is 16.8. The molecule has 6 amide bonds. The summed E-state index contributed by atoms with van der Waals surface area (Å²) in [4.78, 5) is 189. The van der Waals surface area contributed by atoms with E-state index in [1.165, 1.54) is 91.8 Å². The van der Waals surface area contributed by atoms with Crippen molar-refractivity contribution in [2.45, 2.75) is 174 Å². The number of carbonyl (C=O) groups excluding carboxylic acids is 14. The summed E-state index contributed by atoms with van der Waals surface area (Å²) in [5.74, 6) is -9.01. The van der Waals surface area contributed by atoms with Crippen molar-refractivity contribution in [3.63, 3.8) is 0 Å². The smallest absolute Gasteiger partial charge is 0.411 e. The third-order valence-electron chi connectivity index (χ3n) is 18.8. The average Bonchev–Trinajstić information content (AvgIpc) is 0.824. The number of esters is 8. The number of aliphatic hydroxyl groups excluding tert-OH is 2. The second-order valence-corrected chi connectivity index (χ2v) is 28.1. The van der Waals surface area contributed by atoms with Gasteiger partial charge < -0.3 is 121 Å². The lowest BCUT2D eigenvalue weighted by Gasteiger charge is -2.43. The predicted octanol–water partition coefficient (Wildman–Crippen LogP) is 4.93. The van der Waals surface area contributed by atoms with E-state index >= 15 is 0 Å². The molecule has 0 saturated carbocycles. The first-order valence-corrected chi connectivity index (χ1v) is 38.6. The minimum atomic E-state index is -1.89. The molecule has 4 aromatic rings. The monoisotopic (exact) mass is 1740 g/mol. The Labute approximate surface area is 710 Å². The molecule has 124 heavy (non-hydrogen) atoms. The molecule has 6 N–H and O–H groups in total. The lowest BCUT2D eigenvalue weighted by molar-refractivity contribution is -0.282. The maximum absolute atomic E-state index is 14.5. The summed E-state index contributed by atoms with van der Waals surface area (Å²) in [7, 11) is 6.05. The van der Waals surface area contributed by atoms with Gasteiger partial charge in [0.25, 0.3) is 23.6 Å². The van der Waals surface area contributed by atoms with Crippen molar-refractivity contribution >= 4 is 94.9 Å². The number of amides is 6. The second kappa shape index (κ2) is 45.5. The molecule has 670 valence electrons. The standard InChI is InChI=1S/C83H98N6O35/c1-15-23-84-74(98)56-30-50(19-21-60(56)121-80-72(119-48(8)96)68(117-46(6)94)66(115-44(4)92)70(123-80)78(102)109-13)40-113-82(104)86-58-34-64(62(107-11)32-54(58)76(100)88-36-42(2)28-52(88)38-90)111-25-17-16-18-26-112-65-35-59(55(33-63(65)108-12)77(101)89-37-43(3)29-53(89)39-91)87-83(105)114-41-51-20-22-61(57(31-51)75(99)85-24-27-106-10)122-81-73(120-49(9)97)69(118-47(7)95)67(116-45(5)93)71(124-81)79(103)110-14/h1,19-22,30-37,52-53,66-73,80-81,90-91H,16-18,23-29,38-41H2,2-14H3,(H,84,98)(H,85,99)(H,86,104)(H,87,105)/t52-,53-,66-,67-,68-,69-,70-,71-,72+,73+,80+,81+/m0/s1. The van der Waals surface area contributed by atoms with Crippen molar-refractivity contribution in [2.75, 3.05) is 92.3 Å². The van der Waals surface area contributed by atoms with Gasteiger partial charge in [0, 0.05) is 79.7 Å². The zero-order valence-electron chi connectivity index (χ0n) is 70.1. The molecule has 0 aliphatic carbocycles. The van der Waals surface area contributed by atoms with Crippen LogP contribution in [-0.2, 0) is 113 Å². The molecule has 0 unspecified atom stereocenters. The highest BCUT2D eigenvalue weighted by Crippen LogP contribution is 2.41. The fraction of sp³-hybridized carbons (Fsp3) is 0.470. The third kappa shape index (κ3) is 25.7. The second-order valence-electron chi connectivity index (χ2n) is 28.1. The molecule has 41 heteroatoms. The van der Waals surface area contributed by atoms with E-state index in [9.17, 15) is 77.3 Å². The summed E-state index contributed by atoms with van der Waals surface area (Å²) in [6, 6.07) is 11.8. The minimum absolute atomic E-state index is 0.0125. The number of hydrogen-bond donors (Lipinski definition) is 6. The van der Waals surface area contributed by atoms with Crippen molar-refractivity contribution in [2.24, 2.45) is 0 Å². The predicted molar refractivity (Wildman–Crippen MR) is 423 cm³/mol. The van der Waals surface area contributed by atoms with Crippen LogP contribution in [0.1, 0.15) is 140 Å². The summed E-state index contributed by atoms with van der Waals surface area (Å²) < 4.78 is 107. The Morgan fingerprint density at radius 3 is 1.19 bits per heavy atom. The SMILES string of the molecule is C#CCNC(=O)c1cc(COC(=O)Nc2cc(OCCCCCOc3cc(NC(=O)OCc4ccc(O[C@@H]5O[C@H](C(=O)OC)[C@@H](OC(C)=O)[C@H](OC(C)=O)[C@H]5OC(C)=O)c(C(=O)NCCOC)c4)c(C(=O)N4C=C(C)C[C@H]4CO)cc3OC)c(OC)cc2C(=O)N2C=C(C)C[C@H]2CO)ccc1O[C@@H]1O[C@H](C(=O)OC)[C@@H](OC(C)=O)[C@H](OC(C)=O)[C@H]1OC(C)=O. The minimum Gasteiger partial charge on any atom is -0.493 e. The molecule has 0 bridgehead atoms. The van der Waals surface area contributed by atoms with Gasteiger partial charge in [-0.1, -0.05) is 29.2 Å². The molecule has 4 aromatic carbocycles. The maximum atomic E-state index is 14.5. The first kappa shape index (κ1) is 96.2. The van der Waals surface area contributed by atoms with Gasteiger partial charge in [-0.15, -0.1) is 6.42 Å². The number of hydrogen-bond acceptors (Lipinski definition) is 35. The molecule has 2 saturated heterocycles. The lowest BCUT2D eigenvalue weighted by atomic mass is 9.97. The Balaban J connectivity index is 0.987. The molecular formula is C83H98N6O35. The van der Waals surface area contributed by atoms with Crippen LogP contribution in [0.4, 0.5) is 21.0 Å². The van der Waals surface area contributed by atoms with Gasteiger partial charge in [-0.2, -0.15) is 0 Å². The van der Waals surface area contributed by atoms with Crippen molar-refractivity contribution in [1.29, 1.82) is 0 Å². The van der Waals surface area contributed by atoms with Gasteiger partial charge in [0.2, 0.25) is 24.8 Å². The van der Waals surface area contributed by atoms with E-state index in [1.807, 2.05) is 0 Å². The summed E-state index contributed by atoms with van der Waals surface area (Å²) in [5, 5.41) is 31.0. The normalized spacial score (nSPS) is 20.5. The van der Waals surface area contributed by atoms with E-state index < -0.39 is 183 Å². The highest BCUT2D eigenvalue weighted by molar-refractivity contribution is 6.06. The number of aliphatic hydroxyl groups is 2. The number of carbonyl (C=O) groups is 14. The first-order valence-electron chi connectivity index (χ1n) is 38.6. The van der Waals surface area contributed by atoms with Crippen LogP contribution in [-0.4, -0.2) is 259 Å². The van der Waals surface area contributed by atoms with Crippen LogP contribution >= 0.6 is 0 Å². The van der Waals surface area contributed by atoms with Gasteiger partial charge in [-0.05, 0) is 93.5 Å². The Kier molecular flexibility index (Phi) is 35.3. The molecule has 41 nitrogen and oxygen atoms in total. The zero-order chi connectivity index (χ0) is 90.8. The van der Waals surface area contributed by atoms with E-state index in [0.717, 1.165) is 66.9 Å². The number of nitrogens with zero attached hydrogens (tertiary/aromatic N) is 2. The number of benzene rings is 4. The quantitative estimate of drug-likeness (QED) is 0.0150. The van der Waals surface area contributed by atoms with Crippen molar-refractivity contribution in [1.82, 2.24) is 20.4 Å². The zero-order valence-corrected chi connectivity index (χ0v) is 70.1. The van der Waals surface area contributed by atoms with Crippen molar-refractivity contribution in [3.05, 3.63) is 118 Å². The average molecular weight is 1740 g/mol. The number of rotatable bonds is 38. The van der Waals surface area contributed by atoms with E-state index in [0.29, 0.717) is 32.1 Å². The van der Waals surface area contributed by atoms with Gasteiger partial charge in [-0.25, -0.2) is 19.2 Å². The van der Waals surface area contributed by atoms with Crippen molar-refractivity contribution < 1.29 is 167 Å². The fourth-order valence-electron chi connectivity index (χ4n) is 13.4. The van der Waals surface area contributed by atoms with Gasteiger partial charge >= 0.3 is 59.9 Å². The Morgan fingerprint density at radius 1 is 0.460 bits per heavy atom. The Morgan fingerprint density at radius 2 is 0.839 bits per heavy atom. The van der Waals surface area contributed by atoms with Crippen LogP contribution in [0.25, 0.3) is 0 Å². The molecular weight excluding hydrogens is 1640 g/mol. The third-order valence-corrected chi connectivity index (χ3v) is 18.8. The molecule has 4 aliphatic rings. The topological polar surface area (TPSA) is 509 Å². The van der Waals surface area contributed by atoms with Crippen molar-refractivity contribution in [3.8, 4) is 46.8 Å². The molecule has 0 spiro atoms. The van der Waals surface area contributed by atoms with E-state index in [2.05, 4.69) is 27.2 Å². The summed E-state index contributed by atoms with van der Waals surface area (Å²) in [6.07, 6.45) is -9.79. The lowest BCUT2D eigenvalue weighted by Crippen LogP contribution is -2.64. The molecule has 4 heterocycles. The van der Waals surface area contributed by atoms with Gasteiger partial charge in [0.15, 0.2) is 59.6 Å². The Bertz CT molecular complexity index is 4730. The van der Waals surface area contributed by atoms with Crippen LogP contribution in [0.3, 0.4) is 0 Å². The first-order chi connectivity index (χ1) is 59.2. The van der Waals surface area contributed by atoms with Crippen LogP contribution in [0, 0.1) is 12.3 Å².